The molecule has 0 aromatic carbocycles. The van der Waals surface area contributed by atoms with Crippen LogP contribution >= 0.6 is 56.5 Å². The number of ether oxygens (including phenoxy) is 5. The van der Waals surface area contributed by atoms with Crippen LogP contribution in [0.25, 0.3) is 61.5 Å². The minimum atomic E-state index is -5.23. The number of aliphatic hydroxyl groups is 1. The molecule has 22 N–H and O–H groups in total. The first-order valence-electron chi connectivity index (χ1n) is 38.9. The molecule has 720 valence electrons. The van der Waals surface area contributed by atoms with Crippen molar-refractivity contribution in [1.82, 2.24) is 108 Å². The number of phosphoric acid groups is 4. The van der Waals surface area contributed by atoms with Crippen LogP contribution in [0, 0.1) is 0 Å². The van der Waals surface area contributed by atoms with Crippen LogP contribution in [0.4, 0.5) is 52.5 Å². The molecule has 21 rings (SSSR count). The Morgan fingerprint density at radius 2 is 0.843 bits per heavy atom. The Bertz CT molecular complexity index is 6830. The summed E-state index contributed by atoms with van der Waals surface area (Å²) in [5.41, 5.74) is 34.3. The van der Waals surface area contributed by atoms with Crippen LogP contribution in [0.5, 0.6) is 0 Å². The molecule has 12 aromatic rings. The van der Waals surface area contributed by atoms with Gasteiger partial charge < -0.3 is 102 Å². The summed E-state index contributed by atoms with van der Waals surface area (Å²) >= 11 is 11.4. The van der Waals surface area contributed by atoms with E-state index in [0.29, 0.717) is 17.0 Å². The molecule has 21 heterocycles. The number of H-pyrrole nitrogens is 3. The minimum absolute atomic E-state index is 0.0348. The molecule has 72 heteroatoms. The summed E-state index contributed by atoms with van der Waals surface area (Å²) < 4.78 is 215. The minimum Gasteiger partial charge on any atom is -0.397 e. The van der Waals surface area contributed by atoms with Crippen LogP contribution < -0.4 is 51.1 Å². The monoisotopic (exact) mass is 2060 g/mol. The van der Waals surface area contributed by atoms with Gasteiger partial charge in [0, 0.05) is 18.8 Å². The number of nitrogens with zero attached hydrogens (tertiary/aromatic N) is 19. The van der Waals surface area contributed by atoms with E-state index in [1.54, 1.807) is 6.07 Å². The number of nitrogen functional groups attached to an aromatic ring is 6. The average molecular weight is 2060 g/mol. The first kappa shape index (κ1) is 94.0. The molecule has 0 saturated carbocycles. The molecule has 0 spiro atoms. The van der Waals surface area contributed by atoms with E-state index in [1.807, 2.05) is 0 Å². The number of thioether (sulfide) groups is 1. The van der Waals surface area contributed by atoms with Gasteiger partial charge in [0.15, 0.2) is 100 Å². The Labute approximate surface area is 753 Å². The summed E-state index contributed by atoms with van der Waals surface area (Å²) in [6, 6.07) is 4.55. The second-order valence-corrected chi connectivity index (χ2v) is 43.0. The van der Waals surface area contributed by atoms with E-state index < -0.39 is 241 Å². The third-order valence-electron chi connectivity index (χ3n) is 21.9. The molecule has 0 aliphatic carbocycles. The van der Waals surface area contributed by atoms with Gasteiger partial charge in [-0.05, 0) is 41.8 Å². The summed E-state index contributed by atoms with van der Waals surface area (Å²) in [6.07, 6.45) is -24.2. The molecule has 6 unspecified atom stereocenters. The van der Waals surface area contributed by atoms with Crippen LogP contribution in [0.15, 0.2) is 82.7 Å². The summed E-state index contributed by atoms with van der Waals surface area (Å²) in [5.74, 6) is -0.816. The topological polar surface area (TPSA) is 818 Å². The largest absolute Gasteiger partial charge is 0.472 e. The Hall–Kier alpha value is -9.03. The third-order valence-corrected chi connectivity index (χ3v) is 30.5. The lowest BCUT2D eigenvalue weighted by Crippen LogP contribution is -2.35. The highest BCUT2D eigenvalue weighted by molar-refractivity contribution is 8.07. The van der Waals surface area contributed by atoms with Crippen LogP contribution in [0.1, 0.15) is 48.5 Å². The maximum atomic E-state index is 15.9. The van der Waals surface area contributed by atoms with Crippen molar-refractivity contribution in [2.45, 2.75) is 146 Å². The first-order valence-corrected chi connectivity index (χ1v) is 51.0. The van der Waals surface area contributed by atoms with E-state index in [-0.39, 0.29) is 91.5 Å². The number of rotatable bonds is 6. The number of imidazole rings is 5. The van der Waals surface area contributed by atoms with Crippen molar-refractivity contribution < 1.29 is 148 Å². The lowest BCUT2D eigenvalue weighted by molar-refractivity contribution is -0.0669. The molecule has 0 amide bonds. The summed E-state index contributed by atoms with van der Waals surface area (Å²) in [5, 5.41) is 21.3. The molecule has 0 radical (unpaired) electrons. The predicted molar refractivity (Wildman–Crippen MR) is 448 cm³/mol. The number of halogens is 4. The maximum Gasteiger partial charge on any atom is 0.472 e. The van der Waals surface area contributed by atoms with Gasteiger partial charge in [-0.25, -0.2) is 79.9 Å². The van der Waals surface area contributed by atoms with E-state index in [1.165, 1.54) is 63.3 Å². The molecule has 9 saturated heterocycles. The van der Waals surface area contributed by atoms with Crippen LogP contribution in [0.3, 0.4) is 0 Å². The van der Waals surface area contributed by atoms with Crippen molar-refractivity contribution in [2.75, 3.05) is 74.0 Å². The number of nitrogens with two attached hydrogens (primary N) is 6. The van der Waals surface area contributed by atoms with Crippen molar-refractivity contribution in [3.63, 3.8) is 0 Å². The molecular weight excluding hydrogens is 1990 g/mol. The quantitative estimate of drug-likeness (QED) is 0.0764. The van der Waals surface area contributed by atoms with Gasteiger partial charge in [-0.3, -0.25) is 92.8 Å². The first-order chi connectivity index (χ1) is 63.5. The highest BCUT2D eigenvalue weighted by atomic mass is 32.5. The van der Waals surface area contributed by atoms with Crippen molar-refractivity contribution in [2.24, 2.45) is 0 Å². The Kier molecular flexibility index (Phi) is 25.1. The molecule has 134 heavy (non-hydrogen) atoms. The maximum absolute atomic E-state index is 15.9. The van der Waals surface area contributed by atoms with E-state index in [4.69, 9.17) is 136 Å². The lowest BCUT2D eigenvalue weighted by atomic mass is 10.1. The van der Waals surface area contributed by atoms with Gasteiger partial charge in [-0.15, -0.1) is 16.9 Å². The highest BCUT2D eigenvalue weighted by Gasteiger charge is 2.59. The molecule has 12 aromatic heterocycles. The van der Waals surface area contributed by atoms with Crippen LogP contribution in [0.2, 0.25) is 0 Å². The standard InChI is InChI=1S/C21H23F2N9O11P2.C21H23F2N9O10P2S.C20H24N10O10P2S2/c22-10-8-3-38-44(34,35)42-14-9(41-19(11(14)23)31-5-27-12-7(24)1-2-26-16(12)31)4-39-45(36,37)43-15(10)20(40-8)32-6-28-13-17(32)29-21(25)30-18(13)33;22-10-8-3-37-43(34,35)41-14-9(40-19(11(14)23)31-5-27-12-7(24)1-2-26-16(12)31)4-38-44(36,45)42-15(10)20(39-8)32-6-28-13-17(32)29-21(25)30-18(13)33;21-7-1-2-24-29-8(4-23-16(7)29)9-3-10-11(38-9)5-37-42(35,43)40-15-14(31)12(6-36-41(33,34)39-10)44-19(15)30-17-13(27-28-30)18(32)26-20(22)25-17/h1-2,5-6,8-11,14-15,19-20H,3-4H2,(H2,24,26)(H,34,35)(H,36,37)(H3,25,29,30,33);1-2,5-6,8-11,14-15,19-20H,3-4H2,(H2,24,26)(H,34,35)(H,36,45)(H3,25,29,30,33);1-2,4,9-12,14-15,19,31H,3,5-6,21H2,(H,33,34)(H,35,43)(H3,22,25,26,32)/t8-,9-,10-,11+,14-,15-,19-,20-;8-,9-,10-,11+,14-,15-,19-,20-,44?;9-,10+,11-,12-,14-,15-,19-,42?/m111/s1. The van der Waals surface area contributed by atoms with E-state index in [0.717, 1.165) is 38.1 Å². The molecule has 59 nitrogen and oxygen atoms in total. The zero-order chi connectivity index (χ0) is 94.6. The molecule has 9 aliphatic heterocycles. The molecule has 6 bridgehead atoms. The number of aliphatic hydroxyl groups excluding tert-OH is 1. The zero-order valence-electron chi connectivity index (χ0n) is 66.9. The third kappa shape index (κ3) is 18.2. The number of phosphoric ester groups is 4. The average Bonchev–Trinajstić information content (AvgIpc) is 1.61. The van der Waals surface area contributed by atoms with E-state index >= 15 is 17.6 Å². The Balaban J connectivity index is 0.000000129. The molecule has 9 aliphatic rings. The fourth-order valence-corrected chi connectivity index (χ4v) is 24.1. The summed E-state index contributed by atoms with van der Waals surface area (Å²) in [4.78, 5) is 149. The van der Waals surface area contributed by atoms with Gasteiger partial charge in [0.1, 0.15) is 89.7 Å². The number of aromatic nitrogens is 22. The SMILES string of the molecule is Nc1nc2c(ncn2[C@@H]2O[C@@H]3COP(=O)(O)O[C@H]4[C@H](F)[C@H](n5cnc6c(N)ccnc65)O[C@@H]4COP(=O)(O)O[C@@H]2[C@@H]3F)c(=O)[nH]1.Nc1nc2c(ncn2[C@@H]2O[C@@H]3COP(=O)(O)O[C@H]4[C@H](F)[C@H](n5cnc6c(N)ccnc65)O[C@@H]4COP(O)(=S)O[C@@H]2[C@@H]3F)c(=O)[nH]1.Nc1nc2c(nnn2[C@@H]2S[C@@H]3COP(=O)(O)O[C@H]4C[C@H](c5cnc6c(N)ccnn56)O[C@@H]4COP(O)(=S)O[C@@H]2[C@@H]3O)c(=O)[nH]1. The number of hydrogen-bond donors (Lipinski definition) is 16. The van der Waals surface area contributed by atoms with Gasteiger partial charge in [0.05, 0.1) is 111 Å². The molecular formula is C62H70F4N28O31P6S3. The summed E-state index contributed by atoms with van der Waals surface area (Å²) in [6.45, 7) is -13.0. The summed E-state index contributed by atoms with van der Waals surface area (Å²) in [7, 11) is -20.3. The number of hydrogen-bond acceptors (Lipinski definition) is 47. The van der Waals surface area contributed by atoms with E-state index in [9.17, 15) is 67.1 Å². The van der Waals surface area contributed by atoms with Crippen molar-refractivity contribution in [1.29, 1.82) is 0 Å². The van der Waals surface area contributed by atoms with Gasteiger partial charge in [0.25, 0.3) is 16.7 Å². The number of pyridine rings is 2. The van der Waals surface area contributed by atoms with Crippen LogP contribution in [-0.2, 0) is 120 Å². The number of nitrogens with one attached hydrogen (secondary N) is 3. The number of fused-ring (bicyclic) bond motifs is 15. The second kappa shape index (κ2) is 35.8. The fraction of sp³-hybridized carbons (Fsp3) is 0.484. The van der Waals surface area contributed by atoms with E-state index in [2.05, 4.69) is 80.2 Å². The van der Waals surface area contributed by atoms with Crippen molar-refractivity contribution in [3.8, 4) is 0 Å². The number of alkyl halides is 4. The highest BCUT2D eigenvalue weighted by Crippen LogP contribution is 2.60. The number of aromatic amines is 3. The zero-order valence-corrected chi connectivity index (χ0v) is 74.7. The number of anilines is 6. The lowest BCUT2D eigenvalue weighted by Gasteiger charge is -2.27. The van der Waals surface area contributed by atoms with Gasteiger partial charge >= 0.3 is 44.7 Å². The normalized spacial score (nSPS) is 37.3. The van der Waals surface area contributed by atoms with Crippen LogP contribution in [-0.4, -0.2) is 285 Å². The predicted octanol–water partition coefficient (Wildman–Crippen LogP) is -0.0866. The van der Waals surface area contributed by atoms with Crippen molar-refractivity contribution in [3.05, 3.63) is 105 Å². The molecule has 29 atom stereocenters. The van der Waals surface area contributed by atoms with Gasteiger partial charge in [-0.2, -0.15) is 20.1 Å². The second-order valence-electron chi connectivity index (χ2n) is 30.4. The van der Waals surface area contributed by atoms with Gasteiger partial charge in [0.2, 0.25) is 17.8 Å². The van der Waals surface area contributed by atoms with Crippen molar-refractivity contribution >= 4 is 176 Å². The molecule has 9 fully saturated rings. The van der Waals surface area contributed by atoms with Gasteiger partial charge in [-0.1, -0.05) is 5.21 Å². The fourth-order valence-electron chi connectivity index (χ4n) is 15.9. The smallest absolute Gasteiger partial charge is 0.397 e. The Morgan fingerprint density at radius 1 is 0.425 bits per heavy atom. The Morgan fingerprint density at radius 3 is 1.37 bits per heavy atom.